The number of aromatic nitrogens is 2. The molecule has 2 heterocycles. The van der Waals surface area contributed by atoms with Gasteiger partial charge in [0.05, 0.1) is 22.0 Å². The van der Waals surface area contributed by atoms with Gasteiger partial charge in [-0.3, -0.25) is 0 Å². The Kier molecular flexibility index (Phi) is 4.46. The van der Waals surface area contributed by atoms with Crippen LogP contribution in [0.1, 0.15) is 11.3 Å². The number of halogens is 5. The lowest BCUT2D eigenvalue weighted by Crippen LogP contribution is -2.09. The van der Waals surface area contributed by atoms with Crippen molar-refractivity contribution in [2.24, 2.45) is 5.73 Å². The maximum Gasteiger partial charge on any atom is 0.417 e. The SMILES string of the molecule is NCCc1c(-c2ccc(Cl)cc2Cl)nc2ccc(C(F)(F)F)cn12. The van der Waals surface area contributed by atoms with Crippen LogP contribution in [0, 0.1) is 0 Å². The summed E-state index contributed by atoms with van der Waals surface area (Å²) in [6.45, 7) is 0.266. The van der Waals surface area contributed by atoms with Crippen molar-refractivity contribution < 1.29 is 13.2 Å². The van der Waals surface area contributed by atoms with Crippen molar-refractivity contribution in [3.05, 3.63) is 57.8 Å². The molecule has 0 radical (unpaired) electrons. The van der Waals surface area contributed by atoms with Crippen LogP contribution in [0.3, 0.4) is 0 Å². The highest BCUT2D eigenvalue weighted by molar-refractivity contribution is 6.36. The molecule has 0 aliphatic rings. The Morgan fingerprint density at radius 3 is 2.50 bits per heavy atom. The van der Waals surface area contributed by atoms with E-state index in [2.05, 4.69) is 4.98 Å². The van der Waals surface area contributed by atoms with E-state index in [1.807, 2.05) is 0 Å². The predicted molar refractivity (Wildman–Crippen MR) is 88.4 cm³/mol. The fourth-order valence-electron chi connectivity index (χ4n) is 2.53. The molecule has 3 nitrogen and oxygen atoms in total. The highest BCUT2D eigenvalue weighted by Gasteiger charge is 2.31. The fraction of sp³-hybridized carbons (Fsp3) is 0.188. The third-order valence-corrected chi connectivity index (χ3v) is 4.16. The van der Waals surface area contributed by atoms with Gasteiger partial charge in [-0.15, -0.1) is 0 Å². The Balaban J connectivity index is 2.26. The van der Waals surface area contributed by atoms with Crippen molar-refractivity contribution in [1.29, 1.82) is 0 Å². The summed E-state index contributed by atoms with van der Waals surface area (Å²) in [6, 6.07) is 7.24. The molecule has 1 aromatic carbocycles. The summed E-state index contributed by atoms with van der Waals surface area (Å²) in [4.78, 5) is 4.43. The van der Waals surface area contributed by atoms with E-state index in [-0.39, 0.29) is 6.54 Å². The first-order valence-electron chi connectivity index (χ1n) is 7.05. The number of pyridine rings is 1. The van der Waals surface area contributed by atoms with E-state index < -0.39 is 11.7 Å². The zero-order valence-corrected chi connectivity index (χ0v) is 13.8. The molecule has 0 amide bonds. The van der Waals surface area contributed by atoms with Crippen LogP contribution in [0.25, 0.3) is 16.9 Å². The molecule has 0 atom stereocenters. The van der Waals surface area contributed by atoms with E-state index in [9.17, 15) is 13.2 Å². The topological polar surface area (TPSA) is 43.3 Å². The first-order valence-corrected chi connectivity index (χ1v) is 7.80. The second kappa shape index (κ2) is 6.27. The molecule has 0 spiro atoms. The second-order valence-electron chi connectivity index (χ2n) is 5.21. The monoisotopic (exact) mass is 373 g/mol. The molecule has 0 bridgehead atoms. The van der Waals surface area contributed by atoms with Gasteiger partial charge in [0.15, 0.2) is 0 Å². The summed E-state index contributed by atoms with van der Waals surface area (Å²) in [5, 5.41) is 0.840. The lowest BCUT2D eigenvalue weighted by molar-refractivity contribution is -0.137. The third kappa shape index (κ3) is 3.09. The van der Waals surface area contributed by atoms with Crippen LogP contribution in [-0.4, -0.2) is 15.9 Å². The number of fused-ring (bicyclic) bond motifs is 1. The molecule has 24 heavy (non-hydrogen) atoms. The van der Waals surface area contributed by atoms with E-state index in [0.717, 1.165) is 12.3 Å². The number of alkyl halides is 3. The minimum atomic E-state index is -4.43. The summed E-state index contributed by atoms with van der Waals surface area (Å²) < 4.78 is 40.3. The quantitative estimate of drug-likeness (QED) is 0.714. The number of imidazole rings is 1. The van der Waals surface area contributed by atoms with Gasteiger partial charge in [-0.05, 0) is 36.9 Å². The summed E-state index contributed by atoms with van der Waals surface area (Å²) in [6.07, 6.45) is -3.05. The smallest absolute Gasteiger partial charge is 0.330 e. The first-order chi connectivity index (χ1) is 11.3. The standard InChI is InChI=1S/C16H12Cl2F3N3/c17-10-2-3-11(12(18)7-10)15-13(5-6-22)24-8-9(16(19,20)21)1-4-14(24)23-15/h1-4,7-8H,5-6,22H2. The van der Waals surface area contributed by atoms with Crippen molar-refractivity contribution in [3.8, 4) is 11.3 Å². The van der Waals surface area contributed by atoms with Crippen molar-refractivity contribution in [1.82, 2.24) is 9.38 Å². The van der Waals surface area contributed by atoms with Gasteiger partial charge in [-0.2, -0.15) is 13.2 Å². The van der Waals surface area contributed by atoms with Crippen molar-refractivity contribution >= 4 is 28.8 Å². The van der Waals surface area contributed by atoms with Crippen LogP contribution in [0.2, 0.25) is 10.0 Å². The maximum atomic E-state index is 13.0. The van der Waals surface area contributed by atoms with Gasteiger partial charge in [0.25, 0.3) is 0 Å². The molecule has 8 heteroatoms. The lowest BCUT2D eigenvalue weighted by Gasteiger charge is -2.09. The molecule has 126 valence electrons. The highest BCUT2D eigenvalue weighted by atomic mass is 35.5. The normalized spacial score (nSPS) is 12.1. The van der Waals surface area contributed by atoms with Gasteiger partial charge in [-0.1, -0.05) is 23.2 Å². The summed E-state index contributed by atoms with van der Waals surface area (Å²) in [5.41, 5.74) is 6.94. The van der Waals surface area contributed by atoms with Gasteiger partial charge in [0.2, 0.25) is 0 Å². The first kappa shape index (κ1) is 17.1. The molecule has 0 fully saturated rings. The molecule has 0 saturated carbocycles. The lowest BCUT2D eigenvalue weighted by atomic mass is 10.1. The summed E-state index contributed by atoms with van der Waals surface area (Å²) >= 11 is 12.1. The van der Waals surface area contributed by atoms with Crippen molar-refractivity contribution in [2.75, 3.05) is 6.54 Å². The van der Waals surface area contributed by atoms with E-state index in [4.69, 9.17) is 28.9 Å². The zero-order valence-electron chi connectivity index (χ0n) is 12.2. The summed E-state index contributed by atoms with van der Waals surface area (Å²) in [7, 11) is 0. The average Bonchev–Trinajstić information content (AvgIpc) is 2.85. The highest BCUT2D eigenvalue weighted by Crippen LogP contribution is 2.34. The van der Waals surface area contributed by atoms with Crippen LogP contribution < -0.4 is 5.73 Å². The average molecular weight is 374 g/mol. The Labute approximate surface area is 145 Å². The second-order valence-corrected chi connectivity index (χ2v) is 6.06. The molecule has 3 aromatic rings. The number of rotatable bonds is 3. The Hall–Kier alpha value is -1.76. The molecule has 0 aliphatic carbocycles. The van der Waals surface area contributed by atoms with E-state index in [0.29, 0.717) is 39.1 Å². The maximum absolute atomic E-state index is 13.0. The number of benzene rings is 1. The Morgan fingerprint density at radius 1 is 1.12 bits per heavy atom. The molecule has 0 aliphatic heterocycles. The van der Waals surface area contributed by atoms with Crippen molar-refractivity contribution in [2.45, 2.75) is 12.6 Å². The number of nitrogens with zero attached hydrogens (tertiary/aromatic N) is 2. The molecule has 3 rings (SSSR count). The van der Waals surface area contributed by atoms with Crippen LogP contribution in [0.5, 0.6) is 0 Å². The fourth-order valence-corrected chi connectivity index (χ4v) is 3.03. The molecule has 0 saturated heterocycles. The van der Waals surface area contributed by atoms with E-state index >= 15 is 0 Å². The van der Waals surface area contributed by atoms with E-state index in [1.54, 1.807) is 18.2 Å². The predicted octanol–water partition coefficient (Wildman–Crippen LogP) is 4.83. The van der Waals surface area contributed by atoms with Gasteiger partial charge in [0, 0.05) is 23.2 Å². The molecule has 2 aromatic heterocycles. The van der Waals surface area contributed by atoms with Crippen LogP contribution in [0.4, 0.5) is 13.2 Å². The number of hydrogen-bond acceptors (Lipinski definition) is 2. The van der Waals surface area contributed by atoms with E-state index in [1.165, 1.54) is 10.5 Å². The van der Waals surface area contributed by atoms with Crippen LogP contribution in [0.15, 0.2) is 36.5 Å². The zero-order chi connectivity index (χ0) is 17.5. The van der Waals surface area contributed by atoms with Crippen LogP contribution >= 0.6 is 23.2 Å². The van der Waals surface area contributed by atoms with Gasteiger partial charge >= 0.3 is 6.18 Å². The van der Waals surface area contributed by atoms with Crippen molar-refractivity contribution in [3.63, 3.8) is 0 Å². The van der Waals surface area contributed by atoms with Gasteiger partial charge in [0.1, 0.15) is 5.65 Å². The largest absolute Gasteiger partial charge is 0.417 e. The minimum absolute atomic E-state index is 0.266. The summed E-state index contributed by atoms with van der Waals surface area (Å²) in [5.74, 6) is 0. The molecule has 0 unspecified atom stereocenters. The minimum Gasteiger partial charge on any atom is -0.330 e. The Morgan fingerprint density at radius 2 is 1.88 bits per heavy atom. The molecule has 2 N–H and O–H groups in total. The number of nitrogens with two attached hydrogens (primary N) is 1. The number of hydrogen-bond donors (Lipinski definition) is 1. The molecular formula is C16H12Cl2F3N3. The Bertz CT molecular complexity index is 903. The molecular weight excluding hydrogens is 362 g/mol. The van der Waals surface area contributed by atoms with Gasteiger partial charge < -0.3 is 10.1 Å². The van der Waals surface area contributed by atoms with Crippen LogP contribution in [-0.2, 0) is 12.6 Å². The third-order valence-electron chi connectivity index (χ3n) is 3.61. The van der Waals surface area contributed by atoms with Gasteiger partial charge in [-0.25, -0.2) is 4.98 Å².